The topological polar surface area (TPSA) is 76.1 Å². The summed E-state index contributed by atoms with van der Waals surface area (Å²) in [6.07, 6.45) is 1.43. The first kappa shape index (κ1) is 11.9. The molecular formula is C8H10N2O3S2. The van der Waals surface area contributed by atoms with Crippen LogP contribution in [0.3, 0.4) is 0 Å². The third-order valence-electron chi connectivity index (χ3n) is 1.58. The first-order valence-corrected chi connectivity index (χ1v) is 6.63. The predicted octanol–water partition coefficient (Wildman–Crippen LogP) is 1.03. The molecule has 1 aromatic rings. The van der Waals surface area contributed by atoms with Gasteiger partial charge in [-0.25, -0.2) is 8.42 Å². The van der Waals surface area contributed by atoms with Crippen molar-refractivity contribution in [3.05, 3.63) is 23.6 Å². The van der Waals surface area contributed by atoms with Gasteiger partial charge in [0.1, 0.15) is 0 Å². The molecule has 1 N–H and O–H groups in total. The van der Waals surface area contributed by atoms with Crippen LogP contribution >= 0.6 is 11.5 Å². The first-order valence-electron chi connectivity index (χ1n) is 4.08. The second-order valence-electron chi connectivity index (χ2n) is 2.74. The zero-order chi connectivity index (χ0) is 11.3. The van der Waals surface area contributed by atoms with Crippen LogP contribution in [-0.2, 0) is 14.6 Å². The first-order chi connectivity index (χ1) is 7.03. The van der Waals surface area contributed by atoms with E-state index >= 15 is 0 Å². The monoisotopic (exact) mass is 246 g/mol. The molecule has 5 nitrogen and oxygen atoms in total. The van der Waals surface area contributed by atoms with E-state index in [2.05, 4.69) is 16.3 Å². The fraction of sp³-hybridized carbons (Fsp3) is 0.250. The minimum atomic E-state index is -3.30. The van der Waals surface area contributed by atoms with Crippen molar-refractivity contribution in [2.75, 3.05) is 11.1 Å². The molecule has 0 aromatic carbocycles. The lowest BCUT2D eigenvalue weighted by atomic mass is 10.4. The summed E-state index contributed by atoms with van der Waals surface area (Å²) in [5.74, 6) is -0.569. The maximum absolute atomic E-state index is 11.2. The van der Waals surface area contributed by atoms with Crippen LogP contribution in [0.4, 0.5) is 5.69 Å². The van der Waals surface area contributed by atoms with Gasteiger partial charge in [-0.3, -0.25) is 4.79 Å². The summed E-state index contributed by atoms with van der Waals surface area (Å²) in [6.45, 7) is 3.16. The van der Waals surface area contributed by atoms with Crippen molar-refractivity contribution in [3.8, 4) is 0 Å². The van der Waals surface area contributed by atoms with E-state index in [1.165, 1.54) is 17.7 Å². The number of nitrogens with one attached hydrogen (secondary N) is 1. The zero-order valence-corrected chi connectivity index (χ0v) is 9.47. The summed E-state index contributed by atoms with van der Waals surface area (Å²) < 4.78 is 25.8. The van der Waals surface area contributed by atoms with Crippen LogP contribution in [0.1, 0.15) is 6.42 Å². The number of aromatic nitrogens is 1. The molecule has 82 valence electrons. The third kappa shape index (κ3) is 4.22. The predicted molar refractivity (Wildman–Crippen MR) is 59.3 cm³/mol. The highest BCUT2D eigenvalue weighted by Gasteiger charge is 2.09. The van der Waals surface area contributed by atoms with Crippen LogP contribution in [0.15, 0.2) is 23.6 Å². The molecule has 7 heteroatoms. The minimum Gasteiger partial charge on any atom is -0.324 e. The quantitative estimate of drug-likeness (QED) is 0.842. The van der Waals surface area contributed by atoms with Crippen molar-refractivity contribution in [1.29, 1.82) is 0 Å². The van der Waals surface area contributed by atoms with E-state index in [4.69, 9.17) is 0 Å². The number of hydrogen-bond donors (Lipinski definition) is 1. The van der Waals surface area contributed by atoms with Crippen molar-refractivity contribution < 1.29 is 13.2 Å². The van der Waals surface area contributed by atoms with Gasteiger partial charge < -0.3 is 5.32 Å². The number of nitrogens with zero attached hydrogens (tertiary/aromatic N) is 1. The lowest BCUT2D eigenvalue weighted by molar-refractivity contribution is -0.115. The number of sulfone groups is 1. The van der Waals surface area contributed by atoms with Gasteiger partial charge in [-0.1, -0.05) is 6.58 Å². The fourth-order valence-corrected chi connectivity index (χ4v) is 1.91. The van der Waals surface area contributed by atoms with Crippen LogP contribution in [0.25, 0.3) is 0 Å². The minimum absolute atomic E-state index is 0.0792. The summed E-state index contributed by atoms with van der Waals surface area (Å²) in [5, 5.41) is 5.05. The molecule has 0 atom stereocenters. The second kappa shape index (κ2) is 5.04. The Labute approximate surface area is 91.9 Å². The molecule has 1 rings (SSSR count). The summed E-state index contributed by atoms with van der Waals surface area (Å²) >= 11 is 1.21. The highest BCUT2D eigenvalue weighted by molar-refractivity contribution is 7.94. The maximum atomic E-state index is 11.2. The van der Waals surface area contributed by atoms with Gasteiger partial charge in [0.25, 0.3) is 0 Å². The lowest BCUT2D eigenvalue weighted by Gasteiger charge is -2.00. The van der Waals surface area contributed by atoms with E-state index in [-0.39, 0.29) is 18.1 Å². The van der Waals surface area contributed by atoms with Gasteiger partial charge in [0.2, 0.25) is 5.91 Å². The molecule has 0 aliphatic carbocycles. The second-order valence-corrected chi connectivity index (χ2v) is 5.47. The Morgan fingerprint density at radius 2 is 2.40 bits per heavy atom. The summed E-state index contributed by atoms with van der Waals surface area (Å²) in [7, 11) is -3.30. The molecule has 0 radical (unpaired) electrons. The average Bonchev–Trinajstić information content (AvgIpc) is 2.68. The maximum Gasteiger partial charge on any atom is 0.225 e. The van der Waals surface area contributed by atoms with E-state index < -0.39 is 9.84 Å². The smallest absolute Gasteiger partial charge is 0.225 e. The van der Waals surface area contributed by atoms with E-state index in [1.807, 2.05) is 0 Å². The Kier molecular flexibility index (Phi) is 3.98. The molecule has 0 fully saturated rings. The van der Waals surface area contributed by atoms with Crippen LogP contribution in [0.5, 0.6) is 0 Å². The zero-order valence-electron chi connectivity index (χ0n) is 7.84. The van der Waals surface area contributed by atoms with Crippen LogP contribution in [0.2, 0.25) is 0 Å². The third-order valence-corrected chi connectivity index (χ3v) is 3.45. The Morgan fingerprint density at radius 1 is 1.67 bits per heavy atom. The van der Waals surface area contributed by atoms with E-state index in [0.717, 1.165) is 5.41 Å². The van der Waals surface area contributed by atoms with Gasteiger partial charge in [0.15, 0.2) is 9.84 Å². The largest absolute Gasteiger partial charge is 0.324 e. The molecule has 0 saturated carbocycles. The number of hydrogen-bond acceptors (Lipinski definition) is 5. The summed E-state index contributed by atoms with van der Waals surface area (Å²) in [5.41, 5.74) is 0.584. The van der Waals surface area contributed by atoms with E-state index in [9.17, 15) is 13.2 Å². The van der Waals surface area contributed by atoms with Crippen molar-refractivity contribution >= 4 is 33.0 Å². The van der Waals surface area contributed by atoms with E-state index in [0.29, 0.717) is 5.69 Å². The highest BCUT2D eigenvalue weighted by Crippen LogP contribution is 2.08. The normalized spacial score (nSPS) is 10.9. The lowest BCUT2D eigenvalue weighted by Crippen LogP contribution is -2.15. The van der Waals surface area contributed by atoms with Gasteiger partial charge in [0.05, 0.1) is 17.6 Å². The number of rotatable bonds is 5. The van der Waals surface area contributed by atoms with Crippen molar-refractivity contribution in [2.45, 2.75) is 6.42 Å². The Hall–Kier alpha value is -1.21. The molecule has 1 amide bonds. The van der Waals surface area contributed by atoms with Crippen molar-refractivity contribution in [3.63, 3.8) is 0 Å². The van der Waals surface area contributed by atoms with Gasteiger partial charge in [0, 0.05) is 17.2 Å². The fourth-order valence-electron chi connectivity index (χ4n) is 0.808. The number of carbonyl (C=O) groups excluding carboxylic acids is 1. The molecule has 0 saturated heterocycles. The van der Waals surface area contributed by atoms with Gasteiger partial charge >= 0.3 is 0 Å². The van der Waals surface area contributed by atoms with E-state index in [1.54, 1.807) is 5.38 Å². The molecule has 1 aromatic heterocycles. The van der Waals surface area contributed by atoms with Gasteiger partial charge in [-0.2, -0.15) is 4.37 Å². The average molecular weight is 246 g/mol. The molecule has 0 unspecified atom stereocenters. The van der Waals surface area contributed by atoms with Crippen LogP contribution in [0, 0.1) is 0 Å². The highest BCUT2D eigenvalue weighted by atomic mass is 32.2. The standard InChI is InChI=1S/C8H10N2O3S2/c1-2-15(12,13)4-3-8(11)10-7-5-9-14-6-7/h2,5-6H,1,3-4H2,(H,10,11). The molecule has 0 aliphatic rings. The molecule has 0 spiro atoms. The van der Waals surface area contributed by atoms with Gasteiger partial charge in [-0.15, -0.1) is 0 Å². The Morgan fingerprint density at radius 3 is 2.93 bits per heavy atom. The Bertz CT molecular complexity index is 436. The van der Waals surface area contributed by atoms with Crippen molar-refractivity contribution in [2.24, 2.45) is 0 Å². The number of carbonyl (C=O) groups is 1. The summed E-state index contributed by atoms with van der Waals surface area (Å²) in [6, 6.07) is 0. The molecule has 0 aliphatic heterocycles. The number of anilines is 1. The SMILES string of the molecule is C=CS(=O)(=O)CCC(=O)Nc1cnsc1. The summed E-state index contributed by atoms with van der Waals surface area (Å²) in [4.78, 5) is 11.2. The molecule has 15 heavy (non-hydrogen) atoms. The van der Waals surface area contributed by atoms with Crippen molar-refractivity contribution in [1.82, 2.24) is 4.37 Å². The molecular weight excluding hydrogens is 236 g/mol. The molecule has 1 heterocycles. The molecule has 0 bridgehead atoms. The number of amides is 1. The van der Waals surface area contributed by atoms with Crippen LogP contribution < -0.4 is 5.32 Å². The Balaban J connectivity index is 2.41. The van der Waals surface area contributed by atoms with Crippen LogP contribution in [-0.4, -0.2) is 24.5 Å². The van der Waals surface area contributed by atoms with Gasteiger partial charge in [-0.05, 0) is 11.5 Å².